The van der Waals surface area contributed by atoms with E-state index in [1.807, 2.05) is 0 Å². The Labute approximate surface area is 129 Å². The number of hydrogen-bond acceptors (Lipinski definition) is 3. The van der Waals surface area contributed by atoms with Gasteiger partial charge in [0.15, 0.2) is 0 Å². The van der Waals surface area contributed by atoms with Crippen molar-refractivity contribution < 1.29 is 23.0 Å². The molecule has 4 fully saturated rings. The Kier molecular flexibility index (Phi) is 4.69. The van der Waals surface area contributed by atoms with E-state index in [0.717, 1.165) is 11.8 Å². The fourth-order valence-corrected chi connectivity index (χ4v) is 4.72. The summed E-state index contributed by atoms with van der Waals surface area (Å²) in [5.74, 6) is -1.42. The molecule has 4 nitrogen and oxygen atoms in total. The van der Waals surface area contributed by atoms with Crippen molar-refractivity contribution in [3.05, 3.63) is 0 Å². The number of amides is 1. The molecule has 4 saturated carbocycles. The van der Waals surface area contributed by atoms with Gasteiger partial charge in [-0.3, -0.25) is 4.79 Å². The summed E-state index contributed by atoms with van der Waals surface area (Å²) in [6.45, 7) is 1.03. The van der Waals surface area contributed by atoms with Crippen molar-refractivity contribution >= 4 is 5.91 Å². The summed E-state index contributed by atoms with van der Waals surface area (Å²) >= 11 is 0. The highest BCUT2D eigenvalue weighted by Gasteiger charge is 2.48. The van der Waals surface area contributed by atoms with E-state index in [4.69, 9.17) is 9.47 Å². The molecule has 0 atom stereocenters. The summed E-state index contributed by atoms with van der Waals surface area (Å²) in [6.07, 6.45) is 6.89. The summed E-state index contributed by atoms with van der Waals surface area (Å²) in [5, 5.41) is 2.14. The molecule has 0 aliphatic heterocycles. The lowest BCUT2D eigenvalue weighted by molar-refractivity contribution is -0.175. The summed E-state index contributed by atoms with van der Waals surface area (Å²) in [7, 11) is 0. The molecule has 4 aliphatic rings. The number of ether oxygens (including phenoxy) is 2. The van der Waals surface area contributed by atoms with Gasteiger partial charge in [-0.25, -0.2) is 0 Å². The monoisotopic (exact) mass is 317 g/mol. The first kappa shape index (κ1) is 16.1. The summed E-state index contributed by atoms with van der Waals surface area (Å²) in [5.41, 5.74) is 0. The number of carbonyl (C=O) groups excluding carboxylic acids is 1. The van der Waals surface area contributed by atoms with Crippen LogP contribution in [0.15, 0.2) is 0 Å². The molecule has 0 radical (unpaired) electrons. The largest absolute Gasteiger partial charge is 0.354 e. The van der Waals surface area contributed by atoms with Crippen LogP contribution in [0.4, 0.5) is 8.78 Å². The van der Waals surface area contributed by atoms with Gasteiger partial charge in [0.1, 0.15) is 6.79 Å². The molecule has 0 saturated heterocycles. The van der Waals surface area contributed by atoms with Crippen LogP contribution in [0.5, 0.6) is 0 Å². The van der Waals surface area contributed by atoms with Crippen LogP contribution in [0.25, 0.3) is 0 Å². The van der Waals surface area contributed by atoms with Gasteiger partial charge in [0, 0.05) is 13.5 Å². The SMILES string of the molecule is CC(F)(F)C(=O)NCCOCOC1C2CC3CC(C2)CC1C3. The van der Waals surface area contributed by atoms with Crippen LogP contribution >= 0.6 is 0 Å². The maximum atomic E-state index is 12.6. The smallest absolute Gasteiger partial charge is 0.321 e. The molecule has 0 aromatic rings. The lowest BCUT2D eigenvalue weighted by Crippen LogP contribution is -2.49. The standard InChI is InChI=1S/C16H25F2NO3/c1-16(17,18)15(20)19-2-3-21-9-22-14-12-5-10-4-11(7-12)8-13(14)6-10/h10-14H,2-9H2,1H3,(H,19,20). The average Bonchev–Trinajstić information content (AvgIpc) is 2.42. The molecule has 0 spiro atoms. The third-order valence-corrected chi connectivity index (χ3v) is 5.41. The van der Waals surface area contributed by atoms with Crippen LogP contribution in [0.2, 0.25) is 0 Å². The van der Waals surface area contributed by atoms with Gasteiger partial charge in [-0.2, -0.15) is 8.78 Å². The van der Waals surface area contributed by atoms with Crippen molar-refractivity contribution in [1.29, 1.82) is 0 Å². The Hall–Kier alpha value is -0.750. The van der Waals surface area contributed by atoms with E-state index in [1.54, 1.807) is 0 Å². The Balaban J connectivity index is 1.30. The molecular weight excluding hydrogens is 292 g/mol. The van der Waals surface area contributed by atoms with E-state index in [0.29, 0.717) is 24.9 Å². The van der Waals surface area contributed by atoms with Crippen LogP contribution in [-0.2, 0) is 14.3 Å². The quantitative estimate of drug-likeness (QED) is 0.580. The summed E-state index contributed by atoms with van der Waals surface area (Å²) < 4.78 is 36.5. The third-order valence-electron chi connectivity index (χ3n) is 5.41. The fraction of sp³-hybridized carbons (Fsp3) is 0.938. The summed E-state index contributed by atoms with van der Waals surface area (Å²) in [6, 6.07) is 0. The van der Waals surface area contributed by atoms with Crippen LogP contribution in [-0.4, -0.2) is 37.9 Å². The molecule has 22 heavy (non-hydrogen) atoms. The Morgan fingerprint density at radius 2 is 1.73 bits per heavy atom. The van der Waals surface area contributed by atoms with E-state index < -0.39 is 11.8 Å². The minimum Gasteiger partial charge on any atom is -0.354 e. The lowest BCUT2D eigenvalue weighted by atomic mass is 9.55. The van der Waals surface area contributed by atoms with Crippen molar-refractivity contribution in [3.8, 4) is 0 Å². The van der Waals surface area contributed by atoms with Crippen molar-refractivity contribution in [2.24, 2.45) is 23.7 Å². The zero-order valence-corrected chi connectivity index (χ0v) is 13.0. The lowest BCUT2D eigenvalue weighted by Gasteiger charge is -2.53. The molecule has 4 bridgehead atoms. The normalized spacial score (nSPS) is 36.6. The maximum absolute atomic E-state index is 12.6. The Bertz CT molecular complexity index is 383. The van der Waals surface area contributed by atoms with E-state index in [2.05, 4.69) is 5.32 Å². The predicted octanol–water partition coefficient (Wildman–Crippen LogP) is 2.57. The molecule has 6 heteroatoms. The second-order valence-electron chi connectivity index (χ2n) is 7.23. The number of alkyl halides is 2. The summed E-state index contributed by atoms with van der Waals surface area (Å²) in [4.78, 5) is 11.0. The Morgan fingerprint density at radius 3 is 2.27 bits per heavy atom. The van der Waals surface area contributed by atoms with Gasteiger partial charge in [-0.1, -0.05) is 0 Å². The zero-order valence-electron chi connectivity index (χ0n) is 13.0. The molecule has 0 aromatic heterocycles. The average molecular weight is 317 g/mol. The van der Waals surface area contributed by atoms with E-state index in [-0.39, 0.29) is 19.9 Å². The second-order valence-corrected chi connectivity index (χ2v) is 7.23. The molecule has 4 rings (SSSR count). The number of halogens is 2. The van der Waals surface area contributed by atoms with Crippen molar-refractivity contribution in [2.75, 3.05) is 19.9 Å². The molecule has 1 N–H and O–H groups in total. The van der Waals surface area contributed by atoms with Gasteiger partial charge in [0.2, 0.25) is 0 Å². The Morgan fingerprint density at radius 1 is 1.14 bits per heavy atom. The van der Waals surface area contributed by atoms with Gasteiger partial charge in [0.25, 0.3) is 5.91 Å². The molecule has 0 unspecified atom stereocenters. The minimum absolute atomic E-state index is 0.0767. The molecule has 4 aliphatic carbocycles. The van der Waals surface area contributed by atoms with Gasteiger partial charge in [-0.05, 0) is 55.8 Å². The zero-order chi connectivity index (χ0) is 15.7. The van der Waals surface area contributed by atoms with Crippen LogP contribution in [0.3, 0.4) is 0 Å². The molecular formula is C16H25F2NO3. The highest BCUT2D eigenvalue weighted by Crippen LogP contribution is 2.54. The number of rotatable bonds is 7. The number of nitrogens with one attached hydrogen (secondary N) is 1. The van der Waals surface area contributed by atoms with E-state index in [1.165, 1.54) is 32.1 Å². The van der Waals surface area contributed by atoms with Gasteiger partial charge >= 0.3 is 5.92 Å². The number of hydrogen-bond donors (Lipinski definition) is 1. The topological polar surface area (TPSA) is 47.6 Å². The maximum Gasteiger partial charge on any atom is 0.321 e. The van der Waals surface area contributed by atoms with Crippen molar-refractivity contribution in [3.63, 3.8) is 0 Å². The van der Waals surface area contributed by atoms with Gasteiger partial charge < -0.3 is 14.8 Å². The molecule has 0 heterocycles. The van der Waals surface area contributed by atoms with Crippen molar-refractivity contribution in [2.45, 2.75) is 51.1 Å². The third kappa shape index (κ3) is 3.59. The first-order valence-corrected chi connectivity index (χ1v) is 8.29. The fourth-order valence-electron chi connectivity index (χ4n) is 4.72. The second kappa shape index (κ2) is 6.40. The molecule has 1 amide bonds. The first-order valence-electron chi connectivity index (χ1n) is 8.29. The van der Waals surface area contributed by atoms with Gasteiger partial charge in [-0.15, -0.1) is 0 Å². The number of carbonyl (C=O) groups is 1. The molecule has 0 aromatic carbocycles. The van der Waals surface area contributed by atoms with Crippen LogP contribution in [0, 0.1) is 23.7 Å². The first-order chi connectivity index (χ1) is 10.4. The van der Waals surface area contributed by atoms with Crippen LogP contribution in [0.1, 0.15) is 39.0 Å². The van der Waals surface area contributed by atoms with Crippen molar-refractivity contribution in [1.82, 2.24) is 5.32 Å². The minimum atomic E-state index is -3.34. The highest BCUT2D eigenvalue weighted by molar-refractivity contribution is 5.82. The van der Waals surface area contributed by atoms with Crippen LogP contribution < -0.4 is 5.32 Å². The molecule has 126 valence electrons. The predicted molar refractivity (Wildman–Crippen MR) is 76.4 cm³/mol. The van der Waals surface area contributed by atoms with E-state index in [9.17, 15) is 13.6 Å². The van der Waals surface area contributed by atoms with E-state index >= 15 is 0 Å². The van der Waals surface area contributed by atoms with Gasteiger partial charge in [0.05, 0.1) is 12.7 Å². The highest BCUT2D eigenvalue weighted by atomic mass is 19.3.